The Hall–Kier alpha value is -3.99. The number of hydrogen-bond acceptors (Lipinski definition) is 5. The number of amides is 1. The highest BCUT2D eigenvalue weighted by atomic mass is 19.1. The Morgan fingerprint density at radius 2 is 1.88 bits per heavy atom. The maximum Gasteiger partial charge on any atom is 0.238 e. The highest BCUT2D eigenvalue weighted by molar-refractivity contribution is 5.98. The van der Waals surface area contributed by atoms with E-state index < -0.39 is 22.5 Å². The van der Waals surface area contributed by atoms with Gasteiger partial charge in [-0.25, -0.2) is 13.8 Å². The minimum absolute atomic E-state index is 0.0191. The molecule has 2 aromatic rings. The molecule has 1 saturated carbocycles. The normalized spacial score (nSPS) is 25.9. The van der Waals surface area contributed by atoms with Gasteiger partial charge in [0.15, 0.2) is 0 Å². The van der Waals surface area contributed by atoms with Crippen molar-refractivity contribution in [2.75, 3.05) is 5.32 Å². The third kappa shape index (κ3) is 3.54. The van der Waals surface area contributed by atoms with Crippen molar-refractivity contribution in [3.63, 3.8) is 0 Å². The van der Waals surface area contributed by atoms with Crippen molar-refractivity contribution in [1.29, 1.82) is 5.26 Å². The summed E-state index contributed by atoms with van der Waals surface area (Å²) in [6, 6.07) is 8.66. The molecule has 6 nitrogen and oxygen atoms in total. The quantitative estimate of drug-likeness (QED) is 0.595. The number of azo groups is 1. The van der Waals surface area contributed by atoms with Gasteiger partial charge in [0.2, 0.25) is 5.91 Å². The molecule has 0 saturated heterocycles. The van der Waals surface area contributed by atoms with Crippen molar-refractivity contribution in [3.05, 3.63) is 89.8 Å². The molecule has 0 spiro atoms. The Morgan fingerprint density at radius 1 is 1.18 bits per heavy atom. The number of nitrogens with zero attached hydrogens (tertiary/aromatic N) is 4. The van der Waals surface area contributed by atoms with Crippen LogP contribution in [0.1, 0.15) is 37.8 Å². The minimum atomic E-state index is -1.17. The molecule has 2 aliphatic rings. The van der Waals surface area contributed by atoms with Gasteiger partial charge in [-0.05, 0) is 60.1 Å². The van der Waals surface area contributed by atoms with Crippen LogP contribution in [0.25, 0.3) is 5.70 Å². The summed E-state index contributed by atoms with van der Waals surface area (Å²) >= 11 is 0. The summed E-state index contributed by atoms with van der Waals surface area (Å²) in [7, 11) is 0. The van der Waals surface area contributed by atoms with Crippen LogP contribution in [-0.4, -0.2) is 10.9 Å². The summed E-state index contributed by atoms with van der Waals surface area (Å²) in [5, 5.41) is 20.1. The molecule has 1 fully saturated rings. The number of rotatable bonds is 3. The van der Waals surface area contributed by atoms with Crippen LogP contribution in [0.3, 0.4) is 0 Å². The third-order valence-corrected chi connectivity index (χ3v) is 7.06. The maximum atomic E-state index is 14.5. The number of fused-ring (bicyclic) bond motifs is 2. The maximum absolute atomic E-state index is 14.5. The highest BCUT2D eigenvalue weighted by Crippen LogP contribution is 2.62. The molecule has 1 aliphatic heterocycles. The van der Waals surface area contributed by atoms with E-state index in [0.29, 0.717) is 24.0 Å². The van der Waals surface area contributed by atoms with Gasteiger partial charge in [-0.2, -0.15) is 15.5 Å². The van der Waals surface area contributed by atoms with Crippen molar-refractivity contribution in [2.24, 2.45) is 27.0 Å². The van der Waals surface area contributed by atoms with Gasteiger partial charge < -0.3 is 5.32 Å². The zero-order valence-corrected chi connectivity index (χ0v) is 18.9. The summed E-state index contributed by atoms with van der Waals surface area (Å²) in [6.45, 7) is 12.1. The van der Waals surface area contributed by atoms with Gasteiger partial charge in [-0.15, -0.1) is 0 Å². The lowest BCUT2D eigenvalue weighted by molar-refractivity contribution is -0.128. The van der Waals surface area contributed by atoms with Crippen LogP contribution in [0.15, 0.2) is 77.3 Å². The van der Waals surface area contributed by atoms with Gasteiger partial charge in [0.25, 0.3) is 0 Å². The number of benzene rings is 1. The highest BCUT2D eigenvalue weighted by Gasteiger charge is 2.61. The van der Waals surface area contributed by atoms with Crippen LogP contribution in [0, 0.1) is 39.7 Å². The number of halogens is 2. The van der Waals surface area contributed by atoms with Gasteiger partial charge in [-0.3, -0.25) is 4.79 Å². The van der Waals surface area contributed by atoms with E-state index in [1.165, 1.54) is 18.3 Å². The van der Waals surface area contributed by atoms with Crippen molar-refractivity contribution in [3.8, 4) is 6.07 Å². The lowest BCUT2D eigenvalue weighted by Crippen LogP contribution is -2.47. The Bertz CT molecular complexity index is 1280. The Kier molecular flexibility index (Phi) is 5.74. The van der Waals surface area contributed by atoms with Crippen molar-refractivity contribution >= 4 is 17.4 Å². The molecule has 0 radical (unpaired) electrons. The Labute approximate surface area is 196 Å². The number of aromatic nitrogens is 1. The monoisotopic (exact) mass is 459 g/mol. The smallest absolute Gasteiger partial charge is 0.238 e. The van der Waals surface area contributed by atoms with E-state index in [2.05, 4.69) is 33.7 Å². The van der Waals surface area contributed by atoms with Crippen LogP contribution in [0.2, 0.25) is 0 Å². The van der Waals surface area contributed by atoms with Gasteiger partial charge in [-0.1, -0.05) is 33.1 Å². The summed E-state index contributed by atoms with van der Waals surface area (Å²) < 4.78 is 29.0. The van der Waals surface area contributed by atoms with Gasteiger partial charge in [0.05, 0.1) is 27.9 Å². The fraction of sp³-hybridized carbons (Fsp3) is 0.269. The van der Waals surface area contributed by atoms with Crippen LogP contribution < -0.4 is 5.32 Å². The molecule has 4 rings (SSSR count). The standard InChI is InChI=1S/C26H23F2N5O/c1-15-12-21(23-19(27)6-5-7-20(23)28)33-32-16(2)26(11-10-18(15)25(26,3)4)24(34)31-22-9-8-17(13-29)14-30-22/h5-9,12,14,18H,1-2,10-11H2,3-4H3,(H,30,31,34)/b21-12-,33-32-/t18?,26-/m0/s1. The number of carbonyl (C=O) groups is 1. The van der Waals surface area contributed by atoms with Crippen LogP contribution >= 0.6 is 0 Å². The molecular formula is C26H23F2N5O. The second kappa shape index (κ2) is 8.41. The molecule has 34 heavy (non-hydrogen) atoms. The van der Waals surface area contributed by atoms with Gasteiger partial charge >= 0.3 is 0 Å². The molecule has 1 aromatic heterocycles. The van der Waals surface area contributed by atoms with E-state index in [0.717, 1.165) is 12.1 Å². The average molecular weight is 460 g/mol. The molecule has 1 aromatic carbocycles. The van der Waals surface area contributed by atoms with Gasteiger partial charge in [0, 0.05) is 6.20 Å². The molecule has 1 unspecified atom stereocenters. The molecule has 2 bridgehead atoms. The largest absolute Gasteiger partial charge is 0.310 e. The average Bonchev–Trinajstić information content (AvgIpc) is 3.09. The fourth-order valence-corrected chi connectivity index (χ4v) is 5.17. The summed E-state index contributed by atoms with van der Waals surface area (Å²) in [5.74, 6) is -1.82. The SMILES string of the molecule is C=C1/C=C(c2c(F)cccc2F)\N=N/C(=C)[C@]2(C(=O)Nc3ccc(C#N)cn3)CCC1C2(C)C. The van der Waals surface area contributed by atoms with E-state index in [1.54, 1.807) is 12.1 Å². The van der Waals surface area contributed by atoms with Crippen LogP contribution in [0.4, 0.5) is 14.6 Å². The molecular weight excluding hydrogens is 436 g/mol. The lowest BCUT2D eigenvalue weighted by atomic mass is 9.61. The first-order chi connectivity index (χ1) is 16.1. The number of anilines is 1. The summed E-state index contributed by atoms with van der Waals surface area (Å²) in [5.41, 5.74) is -1.04. The molecule has 1 N–H and O–H groups in total. The first kappa shape index (κ1) is 23.2. The second-order valence-corrected chi connectivity index (χ2v) is 9.06. The van der Waals surface area contributed by atoms with E-state index in [-0.39, 0.29) is 34.6 Å². The first-order valence-electron chi connectivity index (χ1n) is 10.8. The number of nitrogens with one attached hydrogen (secondary N) is 1. The van der Waals surface area contributed by atoms with Crippen molar-refractivity contribution in [1.82, 2.24) is 4.98 Å². The predicted molar refractivity (Wildman–Crippen MR) is 124 cm³/mol. The fourth-order valence-electron chi connectivity index (χ4n) is 5.17. The number of hydrogen-bond donors (Lipinski definition) is 1. The number of allylic oxidation sites excluding steroid dienone is 2. The molecule has 2 heterocycles. The lowest BCUT2D eigenvalue weighted by Gasteiger charge is -2.42. The van der Waals surface area contributed by atoms with E-state index in [4.69, 9.17) is 5.26 Å². The zero-order valence-electron chi connectivity index (χ0n) is 18.9. The molecule has 1 aliphatic carbocycles. The summed E-state index contributed by atoms with van der Waals surface area (Å²) in [4.78, 5) is 17.9. The van der Waals surface area contributed by atoms with Crippen molar-refractivity contribution < 1.29 is 13.6 Å². The van der Waals surface area contributed by atoms with Gasteiger partial charge in [0.1, 0.15) is 23.5 Å². The molecule has 172 valence electrons. The molecule has 8 heteroatoms. The number of carbonyl (C=O) groups excluding carboxylic acids is 1. The van der Waals surface area contributed by atoms with Crippen molar-refractivity contribution in [2.45, 2.75) is 26.7 Å². The Balaban J connectivity index is 1.78. The van der Waals surface area contributed by atoms with Crippen LogP contribution in [-0.2, 0) is 4.79 Å². The third-order valence-electron chi connectivity index (χ3n) is 7.06. The zero-order chi connectivity index (χ0) is 24.7. The minimum Gasteiger partial charge on any atom is -0.310 e. The number of nitriles is 1. The summed E-state index contributed by atoms with van der Waals surface area (Å²) in [6.07, 6.45) is 3.93. The van der Waals surface area contributed by atoms with E-state index >= 15 is 0 Å². The number of pyridine rings is 1. The van der Waals surface area contributed by atoms with Crippen LogP contribution in [0.5, 0.6) is 0 Å². The topological polar surface area (TPSA) is 90.5 Å². The molecule has 2 atom stereocenters. The van der Waals surface area contributed by atoms with E-state index in [1.807, 2.05) is 19.9 Å². The second-order valence-electron chi connectivity index (χ2n) is 9.06. The molecule has 1 amide bonds. The predicted octanol–water partition coefficient (Wildman–Crippen LogP) is 6.17. The van der Waals surface area contributed by atoms with E-state index in [9.17, 15) is 13.6 Å². The first-order valence-corrected chi connectivity index (χ1v) is 10.8. The Morgan fingerprint density at radius 3 is 2.50 bits per heavy atom.